The van der Waals surface area contributed by atoms with Gasteiger partial charge in [0.2, 0.25) is 0 Å². The Morgan fingerprint density at radius 3 is 1.43 bits per heavy atom. The summed E-state index contributed by atoms with van der Waals surface area (Å²) in [5.41, 5.74) is 19.8. The Labute approximate surface area is 328 Å². The van der Waals surface area contributed by atoms with Crippen molar-refractivity contribution in [3.8, 4) is 44.5 Å². The fraction of sp³-hybridized carbons (Fsp3) is 0.0741. The van der Waals surface area contributed by atoms with Crippen LogP contribution < -0.4 is 0 Å². The average Bonchev–Trinajstić information content (AvgIpc) is 3.62. The molecule has 264 valence electrons. The topological polar surface area (TPSA) is 24.7 Å². The number of amidine groups is 1. The molecule has 0 radical (unpaired) electrons. The van der Waals surface area contributed by atoms with E-state index in [1.807, 2.05) is 6.07 Å². The molecule has 1 atom stereocenters. The van der Waals surface area contributed by atoms with Gasteiger partial charge in [-0.3, -0.25) is 4.99 Å². The molecule has 0 bridgehead atoms. The summed E-state index contributed by atoms with van der Waals surface area (Å²) in [7, 11) is 0. The third-order valence-electron chi connectivity index (χ3n) is 12.2. The van der Waals surface area contributed by atoms with E-state index in [9.17, 15) is 0 Å². The maximum Gasteiger partial charge on any atom is 0.155 e. The van der Waals surface area contributed by atoms with E-state index in [0.29, 0.717) is 0 Å². The van der Waals surface area contributed by atoms with Gasteiger partial charge >= 0.3 is 0 Å². The molecule has 0 N–H and O–H groups in total. The Hall–Kier alpha value is -6.90. The van der Waals surface area contributed by atoms with Gasteiger partial charge in [-0.1, -0.05) is 194 Å². The van der Waals surface area contributed by atoms with Gasteiger partial charge in [-0.15, -0.1) is 0 Å². The van der Waals surface area contributed by atoms with Crippen LogP contribution in [-0.4, -0.2) is 11.5 Å². The molecule has 11 rings (SSSR count). The van der Waals surface area contributed by atoms with E-state index in [1.54, 1.807) is 0 Å². The molecular weight excluding hydrogens is 677 g/mol. The Bertz CT molecular complexity index is 2780. The van der Waals surface area contributed by atoms with Gasteiger partial charge in [-0.25, -0.2) is 4.99 Å². The second kappa shape index (κ2) is 13.1. The predicted molar refractivity (Wildman–Crippen MR) is 232 cm³/mol. The van der Waals surface area contributed by atoms with Gasteiger partial charge in [-0.2, -0.15) is 0 Å². The monoisotopic (exact) mass is 714 g/mol. The first kappa shape index (κ1) is 32.5. The number of hydrogen-bond donors (Lipinski definition) is 0. The van der Waals surface area contributed by atoms with Gasteiger partial charge in [0.25, 0.3) is 0 Å². The summed E-state index contributed by atoms with van der Waals surface area (Å²) in [6.45, 7) is 0. The number of aliphatic imine (C=N–C) groups is 2. The lowest BCUT2D eigenvalue weighted by Crippen LogP contribution is -2.25. The zero-order valence-corrected chi connectivity index (χ0v) is 30.9. The summed E-state index contributed by atoms with van der Waals surface area (Å²) in [5.74, 6) is 0.797. The summed E-state index contributed by atoms with van der Waals surface area (Å²) in [6.07, 6.45) is 1.75. The minimum absolute atomic E-state index is 0.00571. The van der Waals surface area contributed by atoms with Crippen LogP contribution in [0.5, 0.6) is 0 Å². The van der Waals surface area contributed by atoms with Crippen LogP contribution in [-0.2, 0) is 5.41 Å². The lowest BCUT2D eigenvalue weighted by Gasteiger charge is -2.30. The van der Waals surface area contributed by atoms with Gasteiger partial charge in [0.1, 0.15) is 0 Å². The first-order chi connectivity index (χ1) is 27.8. The standard InChI is InChI=1S/C54H38N2/c1-3-15-37(16-4-1)51-33-34-52(56-53(55-51)39-17-5-2-6-18-39)38-29-27-36(28-30-38)41-19-7-8-20-42(41)40-31-32-46-45-23-11-14-26-49(45)54(50(46)35-40)47-24-12-9-21-43(47)44-22-10-13-25-48(44)54/h1-32,35,52H,33-34H2. The molecule has 1 spiro atoms. The Balaban J connectivity index is 0.986. The highest BCUT2D eigenvalue weighted by Gasteiger charge is 2.51. The van der Waals surface area contributed by atoms with Crippen LogP contribution in [0.3, 0.4) is 0 Å². The van der Waals surface area contributed by atoms with Gasteiger partial charge in [0.15, 0.2) is 5.84 Å². The highest BCUT2D eigenvalue weighted by Crippen LogP contribution is 2.63. The van der Waals surface area contributed by atoms with Crippen molar-refractivity contribution in [1.82, 2.24) is 0 Å². The van der Waals surface area contributed by atoms with Crippen LogP contribution in [0.1, 0.15) is 57.8 Å². The molecule has 1 aliphatic heterocycles. The van der Waals surface area contributed by atoms with E-state index in [0.717, 1.165) is 35.5 Å². The molecule has 8 aromatic carbocycles. The van der Waals surface area contributed by atoms with Crippen molar-refractivity contribution in [1.29, 1.82) is 0 Å². The zero-order chi connectivity index (χ0) is 37.1. The summed E-state index contributed by atoms with van der Waals surface area (Å²) in [5, 5.41) is 0. The number of benzene rings is 8. The van der Waals surface area contributed by atoms with Crippen LogP contribution in [0.25, 0.3) is 44.5 Å². The van der Waals surface area contributed by atoms with Crippen LogP contribution in [0, 0.1) is 0 Å². The smallest absolute Gasteiger partial charge is 0.155 e. The van der Waals surface area contributed by atoms with Gasteiger partial charge in [0.05, 0.1) is 17.2 Å². The molecule has 0 saturated heterocycles. The molecule has 2 aliphatic carbocycles. The zero-order valence-electron chi connectivity index (χ0n) is 30.9. The SMILES string of the molecule is c1ccc(C2=NC(c3ccccc3)=NC(c3ccc(-c4ccccc4-c4ccc5c(c4)C4(c6ccccc6-c6ccccc64)c4ccccc4-5)cc3)CC2)cc1. The van der Waals surface area contributed by atoms with Crippen LogP contribution in [0.2, 0.25) is 0 Å². The molecule has 56 heavy (non-hydrogen) atoms. The van der Waals surface area contributed by atoms with Gasteiger partial charge in [-0.05, 0) is 96.8 Å². The molecule has 2 nitrogen and oxygen atoms in total. The van der Waals surface area contributed by atoms with Crippen LogP contribution in [0.4, 0.5) is 0 Å². The molecule has 0 saturated carbocycles. The van der Waals surface area contributed by atoms with Crippen molar-refractivity contribution < 1.29 is 0 Å². The normalized spacial score (nSPS) is 15.9. The molecule has 1 unspecified atom stereocenters. The molecule has 0 amide bonds. The van der Waals surface area contributed by atoms with Crippen molar-refractivity contribution in [3.63, 3.8) is 0 Å². The summed E-state index contributed by atoms with van der Waals surface area (Å²) in [4.78, 5) is 10.5. The Kier molecular flexibility index (Phi) is 7.63. The molecule has 8 aromatic rings. The van der Waals surface area contributed by atoms with E-state index in [1.165, 1.54) is 72.3 Å². The van der Waals surface area contributed by atoms with E-state index >= 15 is 0 Å². The van der Waals surface area contributed by atoms with Gasteiger partial charge < -0.3 is 0 Å². The highest BCUT2D eigenvalue weighted by atomic mass is 15.0. The summed E-state index contributed by atoms with van der Waals surface area (Å²) < 4.78 is 0. The van der Waals surface area contributed by atoms with Crippen molar-refractivity contribution in [3.05, 3.63) is 239 Å². The maximum absolute atomic E-state index is 5.31. The quantitative estimate of drug-likeness (QED) is 0.170. The third kappa shape index (κ3) is 5.03. The Morgan fingerprint density at radius 2 is 0.839 bits per heavy atom. The van der Waals surface area contributed by atoms with Crippen molar-refractivity contribution in [2.75, 3.05) is 0 Å². The Morgan fingerprint density at radius 1 is 0.375 bits per heavy atom. The second-order valence-electron chi connectivity index (χ2n) is 15.1. The fourth-order valence-electron chi connectivity index (χ4n) is 9.64. The van der Waals surface area contributed by atoms with Crippen molar-refractivity contribution in [2.24, 2.45) is 9.98 Å². The fourth-order valence-corrected chi connectivity index (χ4v) is 9.64. The van der Waals surface area contributed by atoms with Gasteiger partial charge in [0, 0.05) is 5.56 Å². The largest absolute Gasteiger partial charge is 0.258 e. The number of hydrogen-bond acceptors (Lipinski definition) is 2. The number of fused-ring (bicyclic) bond motifs is 10. The molecule has 0 fully saturated rings. The highest BCUT2D eigenvalue weighted by molar-refractivity contribution is 6.13. The van der Waals surface area contributed by atoms with E-state index in [-0.39, 0.29) is 11.5 Å². The summed E-state index contributed by atoms with van der Waals surface area (Å²) >= 11 is 0. The number of rotatable bonds is 5. The van der Waals surface area contributed by atoms with E-state index in [4.69, 9.17) is 9.98 Å². The van der Waals surface area contributed by atoms with Crippen LogP contribution in [0.15, 0.2) is 210 Å². The predicted octanol–water partition coefficient (Wildman–Crippen LogP) is 13.1. The first-order valence-electron chi connectivity index (χ1n) is 19.7. The van der Waals surface area contributed by atoms with Crippen molar-refractivity contribution >= 4 is 11.5 Å². The lowest BCUT2D eigenvalue weighted by atomic mass is 9.70. The molecule has 3 aliphatic rings. The lowest BCUT2D eigenvalue weighted by molar-refractivity contribution is 0.680. The van der Waals surface area contributed by atoms with Crippen LogP contribution >= 0.6 is 0 Å². The minimum Gasteiger partial charge on any atom is -0.258 e. The molecule has 1 heterocycles. The molecular formula is C54H38N2. The number of nitrogens with zero attached hydrogens (tertiary/aromatic N) is 2. The molecule has 0 aromatic heterocycles. The summed E-state index contributed by atoms with van der Waals surface area (Å²) in [6, 6.07) is 73.1. The average molecular weight is 715 g/mol. The van der Waals surface area contributed by atoms with E-state index in [2.05, 4.69) is 194 Å². The minimum atomic E-state index is -0.367. The first-order valence-corrected chi connectivity index (χ1v) is 19.7. The molecule has 2 heteroatoms. The third-order valence-corrected chi connectivity index (χ3v) is 12.2. The maximum atomic E-state index is 5.31. The van der Waals surface area contributed by atoms with Crippen molar-refractivity contribution in [2.45, 2.75) is 24.3 Å². The van der Waals surface area contributed by atoms with E-state index < -0.39 is 0 Å². The second-order valence-corrected chi connectivity index (χ2v) is 15.1.